The summed E-state index contributed by atoms with van der Waals surface area (Å²) in [6.45, 7) is 2.59. The standard InChI is InChI=1S/C8H10BrO2P/c1-2-10-12(9)11-8-6-4-3-5-7-8/h3-7H,2H2,1H3. The van der Waals surface area contributed by atoms with Gasteiger partial charge in [-0.05, 0) is 19.1 Å². The van der Waals surface area contributed by atoms with E-state index in [4.69, 9.17) is 9.05 Å². The summed E-state index contributed by atoms with van der Waals surface area (Å²) in [5.41, 5.74) is 0. The van der Waals surface area contributed by atoms with E-state index in [1.165, 1.54) is 0 Å². The summed E-state index contributed by atoms with van der Waals surface area (Å²) < 4.78 is 10.6. The van der Waals surface area contributed by atoms with E-state index in [-0.39, 0.29) is 0 Å². The Morgan fingerprint density at radius 2 is 2.00 bits per heavy atom. The molecule has 0 radical (unpaired) electrons. The highest BCUT2D eigenvalue weighted by Crippen LogP contribution is 2.46. The minimum atomic E-state index is -0.944. The van der Waals surface area contributed by atoms with Gasteiger partial charge in [0.15, 0.2) is 0 Å². The third kappa shape index (κ3) is 3.53. The first-order valence-electron chi connectivity index (χ1n) is 3.64. The molecule has 0 saturated carbocycles. The number of halogens is 1. The fourth-order valence-electron chi connectivity index (χ4n) is 0.692. The molecule has 1 aromatic rings. The molecule has 0 N–H and O–H groups in total. The summed E-state index contributed by atoms with van der Waals surface area (Å²) in [6, 6.07) is 9.60. The second-order valence-corrected chi connectivity index (χ2v) is 4.64. The molecule has 0 aliphatic heterocycles. The van der Waals surface area contributed by atoms with Crippen LogP contribution in [0, 0.1) is 0 Å². The predicted molar refractivity (Wildman–Crippen MR) is 54.5 cm³/mol. The molecule has 0 aliphatic rings. The summed E-state index contributed by atoms with van der Waals surface area (Å²) >= 11 is 3.30. The van der Waals surface area contributed by atoms with Crippen molar-refractivity contribution in [1.82, 2.24) is 0 Å². The van der Waals surface area contributed by atoms with Gasteiger partial charge in [-0.15, -0.1) is 0 Å². The zero-order valence-corrected chi connectivity index (χ0v) is 9.22. The van der Waals surface area contributed by atoms with Crippen LogP contribution in [-0.4, -0.2) is 6.61 Å². The largest absolute Gasteiger partial charge is 0.439 e. The van der Waals surface area contributed by atoms with E-state index in [1.807, 2.05) is 37.3 Å². The van der Waals surface area contributed by atoms with Gasteiger partial charge in [0.25, 0.3) is 0 Å². The van der Waals surface area contributed by atoms with Crippen molar-refractivity contribution in [2.75, 3.05) is 6.61 Å². The van der Waals surface area contributed by atoms with Crippen molar-refractivity contribution < 1.29 is 9.05 Å². The highest BCUT2D eigenvalue weighted by molar-refractivity contribution is 9.38. The Kier molecular flexibility index (Phi) is 4.59. The Morgan fingerprint density at radius 1 is 1.33 bits per heavy atom. The van der Waals surface area contributed by atoms with Gasteiger partial charge in [0.1, 0.15) is 5.75 Å². The summed E-state index contributed by atoms with van der Waals surface area (Å²) in [6.07, 6.45) is 0. The van der Waals surface area contributed by atoms with Crippen LogP contribution in [-0.2, 0) is 4.52 Å². The fourth-order valence-corrected chi connectivity index (χ4v) is 2.35. The van der Waals surface area contributed by atoms with Gasteiger partial charge in [0.2, 0.25) is 0 Å². The van der Waals surface area contributed by atoms with E-state index in [2.05, 4.69) is 15.5 Å². The number of hydrogen-bond acceptors (Lipinski definition) is 2. The van der Waals surface area contributed by atoms with E-state index in [0.29, 0.717) is 6.61 Å². The van der Waals surface area contributed by atoms with E-state index >= 15 is 0 Å². The van der Waals surface area contributed by atoms with Gasteiger partial charge in [0.05, 0.1) is 6.61 Å². The summed E-state index contributed by atoms with van der Waals surface area (Å²) in [5, 5.41) is 0. The maximum absolute atomic E-state index is 5.41. The average molecular weight is 249 g/mol. The highest BCUT2D eigenvalue weighted by Gasteiger charge is 2.04. The third-order valence-electron chi connectivity index (χ3n) is 1.15. The normalized spacial score (nSPS) is 12.5. The zero-order chi connectivity index (χ0) is 8.81. The first kappa shape index (κ1) is 9.97. The van der Waals surface area contributed by atoms with Gasteiger partial charge in [-0.3, -0.25) is 0 Å². The van der Waals surface area contributed by atoms with Crippen LogP contribution in [0.25, 0.3) is 0 Å². The molecule has 0 saturated heterocycles. The van der Waals surface area contributed by atoms with Crippen LogP contribution < -0.4 is 4.52 Å². The second-order valence-electron chi connectivity index (χ2n) is 2.03. The molecule has 1 rings (SSSR count). The van der Waals surface area contributed by atoms with Crippen molar-refractivity contribution in [3.63, 3.8) is 0 Å². The quantitative estimate of drug-likeness (QED) is 0.757. The van der Waals surface area contributed by atoms with Crippen LogP contribution in [0.15, 0.2) is 30.3 Å². The van der Waals surface area contributed by atoms with Crippen molar-refractivity contribution in [3.8, 4) is 5.75 Å². The molecular weight excluding hydrogens is 239 g/mol. The molecule has 1 unspecified atom stereocenters. The van der Waals surface area contributed by atoms with Gasteiger partial charge >= 0.3 is 7.08 Å². The summed E-state index contributed by atoms with van der Waals surface area (Å²) in [7, 11) is -0.944. The molecule has 0 bridgehead atoms. The van der Waals surface area contributed by atoms with Gasteiger partial charge < -0.3 is 9.05 Å². The lowest BCUT2D eigenvalue weighted by Gasteiger charge is -2.09. The van der Waals surface area contributed by atoms with Crippen LogP contribution in [0.5, 0.6) is 5.75 Å². The topological polar surface area (TPSA) is 18.5 Å². The SMILES string of the molecule is CCOP(Br)Oc1ccccc1. The van der Waals surface area contributed by atoms with Gasteiger partial charge in [-0.1, -0.05) is 18.2 Å². The maximum Gasteiger partial charge on any atom is 0.306 e. The minimum absolute atomic E-state index is 0.657. The van der Waals surface area contributed by atoms with Crippen molar-refractivity contribution in [3.05, 3.63) is 30.3 Å². The van der Waals surface area contributed by atoms with Crippen LogP contribution in [0.4, 0.5) is 0 Å². The van der Waals surface area contributed by atoms with E-state index in [1.54, 1.807) is 0 Å². The molecule has 0 amide bonds. The van der Waals surface area contributed by atoms with Crippen molar-refractivity contribution in [1.29, 1.82) is 0 Å². The van der Waals surface area contributed by atoms with Crippen molar-refractivity contribution in [2.24, 2.45) is 0 Å². The number of rotatable bonds is 4. The molecule has 0 aliphatic carbocycles. The van der Waals surface area contributed by atoms with Gasteiger partial charge in [-0.2, -0.15) is 0 Å². The maximum atomic E-state index is 5.41. The van der Waals surface area contributed by atoms with E-state index < -0.39 is 7.08 Å². The molecular formula is C8H10BrO2P. The molecule has 0 fully saturated rings. The van der Waals surface area contributed by atoms with E-state index in [0.717, 1.165) is 5.75 Å². The average Bonchev–Trinajstić information content (AvgIpc) is 2.06. The van der Waals surface area contributed by atoms with Gasteiger partial charge in [0, 0.05) is 15.5 Å². The lowest BCUT2D eigenvalue weighted by Crippen LogP contribution is -1.86. The Balaban J connectivity index is 2.41. The Labute approximate surface area is 81.5 Å². The molecule has 0 heterocycles. The molecule has 1 atom stereocenters. The Morgan fingerprint density at radius 3 is 2.58 bits per heavy atom. The third-order valence-corrected chi connectivity index (χ3v) is 3.02. The molecule has 2 nitrogen and oxygen atoms in total. The van der Waals surface area contributed by atoms with Crippen molar-refractivity contribution >= 4 is 22.6 Å². The molecule has 1 aromatic carbocycles. The molecule has 4 heteroatoms. The van der Waals surface area contributed by atoms with Crippen LogP contribution in [0.3, 0.4) is 0 Å². The summed E-state index contributed by atoms with van der Waals surface area (Å²) in [4.78, 5) is 0. The molecule has 12 heavy (non-hydrogen) atoms. The Bertz CT molecular complexity index is 218. The molecule has 0 spiro atoms. The first-order chi connectivity index (χ1) is 5.83. The number of benzene rings is 1. The molecule has 0 aromatic heterocycles. The lowest BCUT2D eigenvalue weighted by atomic mass is 10.3. The monoisotopic (exact) mass is 248 g/mol. The van der Waals surface area contributed by atoms with Crippen molar-refractivity contribution in [2.45, 2.75) is 6.92 Å². The van der Waals surface area contributed by atoms with Crippen LogP contribution >= 0.6 is 22.6 Å². The van der Waals surface area contributed by atoms with Gasteiger partial charge in [-0.25, -0.2) is 0 Å². The van der Waals surface area contributed by atoms with Crippen LogP contribution in [0.1, 0.15) is 6.92 Å². The fraction of sp³-hybridized carbons (Fsp3) is 0.250. The first-order valence-corrected chi connectivity index (χ1v) is 6.84. The highest BCUT2D eigenvalue weighted by atomic mass is 79.9. The molecule has 66 valence electrons. The van der Waals surface area contributed by atoms with E-state index in [9.17, 15) is 0 Å². The smallest absolute Gasteiger partial charge is 0.306 e. The number of hydrogen-bond donors (Lipinski definition) is 0. The predicted octanol–water partition coefficient (Wildman–Crippen LogP) is 3.72. The lowest BCUT2D eigenvalue weighted by molar-refractivity contribution is 0.347. The summed E-state index contributed by atoms with van der Waals surface area (Å²) in [5.74, 6) is 0.828. The second kappa shape index (κ2) is 5.52. The Hall–Kier alpha value is -0.110. The minimum Gasteiger partial charge on any atom is -0.439 e. The van der Waals surface area contributed by atoms with Crippen LogP contribution in [0.2, 0.25) is 0 Å². The number of para-hydroxylation sites is 1. The zero-order valence-electron chi connectivity index (χ0n) is 6.74.